The molecule has 5 nitrogen and oxygen atoms in total. The van der Waals surface area contributed by atoms with Crippen LogP contribution in [0, 0.1) is 0 Å². The molecule has 0 N–H and O–H groups in total. The van der Waals surface area contributed by atoms with Gasteiger partial charge >= 0.3 is 0 Å². The van der Waals surface area contributed by atoms with Crippen LogP contribution in [0.25, 0.3) is 0 Å². The van der Waals surface area contributed by atoms with Crippen LogP contribution in [0.4, 0.5) is 0 Å². The van der Waals surface area contributed by atoms with Crippen molar-refractivity contribution in [1.82, 2.24) is 9.80 Å². The molecule has 2 heterocycles. The second-order valence-electron chi connectivity index (χ2n) is 5.80. The van der Waals surface area contributed by atoms with Gasteiger partial charge < -0.3 is 14.4 Å². The van der Waals surface area contributed by atoms with E-state index < -0.39 is 0 Å². The monoisotopic (exact) mass is 282 g/mol. The molecule has 20 heavy (non-hydrogen) atoms. The van der Waals surface area contributed by atoms with Gasteiger partial charge in [0.2, 0.25) is 5.91 Å². The van der Waals surface area contributed by atoms with Crippen molar-refractivity contribution in [2.24, 2.45) is 0 Å². The van der Waals surface area contributed by atoms with Crippen molar-refractivity contribution in [2.45, 2.75) is 32.4 Å². The molecule has 0 aromatic rings. The minimum absolute atomic E-state index is 0.126. The van der Waals surface area contributed by atoms with Crippen LogP contribution in [0.2, 0.25) is 0 Å². The van der Waals surface area contributed by atoms with E-state index in [1.165, 1.54) is 0 Å². The highest BCUT2D eigenvalue weighted by molar-refractivity contribution is 5.88. The molecule has 2 atom stereocenters. The SMILES string of the molecule is COCCN1CCO[C@@H]2CCN(C(=O)C=C(C)C)C[C@H]21. The molecule has 0 saturated carbocycles. The summed E-state index contributed by atoms with van der Waals surface area (Å²) in [5.41, 5.74) is 1.05. The normalized spacial score (nSPS) is 27.1. The van der Waals surface area contributed by atoms with Gasteiger partial charge in [-0.1, -0.05) is 5.57 Å². The number of rotatable bonds is 4. The summed E-state index contributed by atoms with van der Waals surface area (Å²) >= 11 is 0. The molecule has 2 saturated heterocycles. The number of piperidine rings is 1. The maximum Gasteiger partial charge on any atom is 0.246 e. The minimum atomic E-state index is 0.126. The average molecular weight is 282 g/mol. The molecule has 5 heteroatoms. The van der Waals surface area contributed by atoms with Crippen LogP contribution < -0.4 is 0 Å². The van der Waals surface area contributed by atoms with E-state index in [1.54, 1.807) is 13.2 Å². The van der Waals surface area contributed by atoms with Crippen LogP contribution in [-0.4, -0.2) is 74.4 Å². The molecule has 0 unspecified atom stereocenters. The summed E-state index contributed by atoms with van der Waals surface area (Å²) < 4.78 is 11.0. The van der Waals surface area contributed by atoms with E-state index in [2.05, 4.69) is 4.90 Å². The number of allylic oxidation sites excluding steroid dienone is 1. The van der Waals surface area contributed by atoms with E-state index in [0.717, 1.165) is 51.4 Å². The Labute approximate surface area is 121 Å². The standard InChI is InChI=1S/C15H26N2O3/c1-12(2)10-15(18)17-5-4-14-13(11-17)16(6-8-19-3)7-9-20-14/h10,13-14H,4-9,11H2,1-3H3/t13-,14-/m1/s1. The quantitative estimate of drug-likeness (QED) is 0.719. The molecular formula is C15H26N2O3. The molecule has 2 rings (SSSR count). The summed E-state index contributed by atoms with van der Waals surface area (Å²) in [6, 6.07) is 0.308. The van der Waals surface area contributed by atoms with Crippen LogP contribution in [-0.2, 0) is 14.3 Å². The molecule has 0 bridgehead atoms. The van der Waals surface area contributed by atoms with Crippen molar-refractivity contribution in [3.8, 4) is 0 Å². The first-order chi connectivity index (χ1) is 9.61. The van der Waals surface area contributed by atoms with Gasteiger partial charge in [0.15, 0.2) is 0 Å². The topological polar surface area (TPSA) is 42.0 Å². The first-order valence-corrected chi connectivity index (χ1v) is 7.40. The van der Waals surface area contributed by atoms with E-state index in [-0.39, 0.29) is 12.0 Å². The fourth-order valence-electron chi connectivity index (χ4n) is 2.97. The molecule has 2 aliphatic rings. The lowest BCUT2D eigenvalue weighted by Crippen LogP contribution is -2.61. The van der Waals surface area contributed by atoms with Gasteiger partial charge in [-0.05, 0) is 20.3 Å². The van der Waals surface area contributed by atoms with Crippen LogP contribution in [0.1, 0.15) is 20.3 Å². The zero-order chi connectivity index (χ0) is 14.5. The number of morpholine rings is 1. The maximum absolute atomic E-state index is 12.2. The third-order valence-electron chi connectivity index (χ3n) is 4.01. The lowest BCUT2D eigenvalue weighted by Gasteiger charge is -2.46. The molecule has 0 radical (unpaired) electrons. The summed E-state index contributed by atoms with van der Waals surface area (Å²) in [5.74, 6) is 0.126. The van der Waals surface area contributed by atoms with Gasteiger partial charge in [0.05, 0.1) is 25.4 Å². The number of likely N-dealkylation sites (tertiary alicyclic amines) is 1. The Balaban J connectivity index is 1.99. The predicted molar refractivity (Wildman–Crippen MR) is 77.6 cm³/mol. The number of fused-ring (bicyclic) bond motifs is 1. The number of methoxy groups -OCH3 is 1. The van der Waals surface area contributed by atoms with Crippen LogP contribution in [0.3, 0.4) is 0 Å². The number of amides is 1. The second kappa shape index (κ2) is 7.20. The first-order valence-electron chi connectivity index (χ1n) is 7.40. The smallest absolute Gasteiger partial charge is 0.246 e. The molecule has 0 aliphatic carbocycles. The summed E-state index contributed by atoms with van der Waals surface area (Å²) in [4.78, 5) is 16.5. The summed E-state index contributed by atoms with van der Waals surface area (Å²) in [7, 11) is 1.73. The third-order valence-corrected chi connectivity index (χ3v) is 4.01. The van der Waals surface area contributed by atoms with Crippen molar-refractivity contribution in [3.05, 3.63) is 11.6 Å². The van der Waals surface area contributed by atoms with E-state index in [0.29, 0.717) is 6.04 Å². The Morgan fingerprint density at radius 1 is 1.40 bits per heavy atom. The Morgan fingerprint density at radius 2 is 2.20 bits per heavy atom. The first kappa shape index (κ1) is 15.5. The highest BCUT2D eigenvalue weighted by Crippen LogP contribution is 2.23. The van der Waals surface area contributed by atoms with Crippen molar-refractivity contribution in [3.63, 3.8) is 0 Å². The zero-order valence-electron chi connectivity index (χ0n) is 12.8. The zero-order valence-corrected chi connectivity index (χ0v) is 12.8. The van der Waals surface area contributed by atoms with E-state index in [4.69, 9.17) is 9.47 Å². The van der Waals surface area contributed by atoms with Gasteiger partial charge in [-0.15, -0.1) is 0 Å². The number of hydrogen-bond acceptors (Lipinski definition) is 4. The highest BCUT2D eigenvalue weighted by atomic mass is 16.5. The van der Waals surface area contributed by atoms with E-state index in [9.17, 15) is 4.79 Å². The fourth-order valence-corrected chi connectivity index (χ4v) is 2.97. The van der Waals surface area contributed by atoms with Gasteiger partial charge in [0.25, 0.3) is 0 Å². The summed E-state index contributed by atoms with van der Waals surface area (Å²) in [5, 5.41) is 0. The Kier molecular flexibility index (Phi) is 5.57. The van der Waals surface area contributed by atoms with E-state index in [1.807, 2.05) is 18.7 Å². The van der Waals surface area contributed by atoms with Gasteiger partial charge in [0.1, 0.15) is 0 Å². The maximum atomic E-state index is 12.2. The Morgan fingerprint density at radius 3 is 2.90 bits per heavy atom. The number of hydrogen-bond donors (Lipinski definition) is 0. The van der Waals surface area contributed by atoms with Gasteiger partial charge in [-0.2, -0.15) is 0 Å². The summed E-state index contributed by atoms with van der Waals surface area (Å²) in [6.45, 7) is 8.82. The Bertz CT molecular complexity index is 366. The van der Waals surface area contributed by atoms with Crippen molar-refractivity contribution in [2.75, 3.05) is 46.5 Å². The molecule has 2 fully saturated rings. The molecule has 0 aromatic heterocycles. The average Bonchev–Trinajstić information content (AvgIpc) is 2.43. The lowest BCUT2D eigenvalue weighted by atomic mass is 9.98. The van der Waals surface area contributed by atoms with Crippen LogP contribution in [0.5, 0.6) is 0 Å². The lowest BCUT2D eigenvalue weighted by molar-refractivity contribution is -0.138. The molecule has 0 spiro atoms. The number of ether oxygens (including phenoxy) is 2. The van der Waals surface area contributed by atoms with Gasteiger partial charge in [-0.25, -0.2) is 0 Å². The van der Waals surface area contributed by atoms with Gasteiger partial charge in [0, 0.05) is 39.4 Å². The predicted octanol–water partition coefficient (Wildman–Crippen LogP) is 0.901. The third kappa shape index (κ3) is 3.81. The van der Waals surface area contributed by atoms with Crippen molar-refractivity contribution >= 4 is 5.91 Å². The minimum Gasteiger partial charge on any atom is -0.383 e. The molecular weight excluding hydrogens is 256 g/mol. The summed E-state index contributed by atoms with van der Waals surface area (Å²) in [6.07, 6.45) is 2.91. The number of carbonyl (C=O) groups excluding carboxylic acids is 1. The van der Waals surface area contributed by atoms with Gasteiger partial charge in [-0.3, -0.25) is 9.69 Å². The molecule has 0 aromatic carbocycles. The molecule has 2 aliphatic heterocycles. The largest absolute Gasteiger partial charge is 0.383 e. The molecule has 114 valence electrons. The number of carbonyl (C=O) groups is 1. The van der Waals surface area contributed by atoms with Crippen molar-refractivity contribution < 1.29 is 14.3 Å². The Hall–Kier alpha value is -0.910. The van der Waals surface area contributed by atoms with E-state index >= 15 is 0 Å². The van der Waals surface area contributed by atoms with Crippen LogP contribution in [0.15, 0.2) is 11.6 Å². The number of nitrogens with zero attached hydrogens (tertiary/aromatic N) is 2. The molecule has 1 amide bonds. The highest BCUT2D eigenvalue weighted by Gasteiger charge is 2.37. The fraction of sp³-hybridized carbons (Fsp3) is 0.800. The second-order valence-corrected chi connectivity index (χ2v) is 5.80. The van der Waals surface area contributed by atoms with Crippen molar-refractivity contribution in [1.29, 1.82) is 0 Å². The van der Waals surface area contributed by atoms with Crippen LogP contribution >= 0.6 is 0 Å².